The molecule has 0 unspecified atom stereocenters. The topological polar surface area (TPSA) is 49.8 Å². The molecule has 1 saturated heterocycles. The Labute approximate surface area is 109 Å². The number of aliphatic hydroxyl groups is 1. The number of piperidine rings is 1. The molecule has 1 N–H and O–H groups in total. The van der Waals surface area contributed by atoms with E-state index >= 15 is 0 Å². The second-order valence-corrected chi connectivity index (χ2v) is 5.53. The maximum atomic E-state index is 12.0. The highest BCUT2D eigenvalue weighted by Crippen LogP contribution is 2.30. The first-order valence-electron chi connectivity index (χ1n) is 7.30. The van der Waals surface area contributed by atoms with Crippen LogP contribution >= 0.6 is 0 Å². The molecule has 0 radical (unpaired) electrons. The van der Waals surface area contributed by atoms with Gasteiger partial charge in [0.1, 0.15) is 0 Å². The van der Waals surface area contributed by atoms with Gasteiger partial charge in [0, 0.05) is 32.7 Å². The smallest absolute Gasteiger partial charge is 0.222 e. The van der Waals surface area contributed by atoms with Crippen LogP contribution in [0, 0.1) is 5.92 Å². The zero-order valence-electron chi connectivity index (χ0n) is 11.1. The zero-order valence-corrected chi connectivity index (χ0v) is 11.1. The van der Waals surface area contributed by atoms with Gasteiger partial charge < -0.3 is 14.7 Å². The third-order valence-corrected chi connectivity index (χ3v) is 4.14. The van der Waals surface area contributed by atoms with Crippen LogP contribution in [0.5, 0.6) is 0 Å². The fraction of sp³-hybridized carbons (Fsp3) is 0.929. The van der Waals surface area contributed by atoms with E-state index in [4.69, 9.17) is 9.84 Å². The maximum Gasteiger partial charge on any atom is 0.222 e. The summed E-state index contributed by atoms with van der Waals surface area (Å²) in [4.78, 5) is 14.0. The quantitative estimate of drug-likeness (QED) is 0.733. The predicted molar refractivity (Wildman–Crippen MR) is 69.2 cm³/mol. The number of hydrogen-bond acceptors (Lipinski definition) is 3. The number of aliphatic hydroxyl groups excluding tert-OH is 1. The summed E-state index contributed by atoms with van der Waals surface area (Å²) in [5.74, 6) is 1.00. The largest absolute Gasteiger partial charge is 0.396 e. The van der Waals surface area contributed by atoms with Crippen molar-refractivity contribution in [2.75, 3.05) is 26.3 Å². The van der Waals surface area contributed by atoms with Crippen LogP contribution < -0.4 is 0 Å². The van der Waals surface area contributed by atoms with Crippen molar-refractivity contribution in [3.63, 3.8) is 0 Å². The first-order chi connectivity index (χ1) is 8.79. The Hall–Kier alpha value is -0.610. The molecule has 104 valence electrons. The highest BCUT2D eigenvalue weighted by Gasteiger charge is 2.27. The molecule has 1 saturated carbocycles. The SMILES string of the molecule is O=C(CC1CCC1)N1CCC(OCCCO)CC1. The number of carbonyl (C=O) groups is 1. The van der Waals surface area contributed by atoms with Crippen LogP contribution in [-0.2, 0) is 9.53 Å². The lowest BCUT2D eigenvalue weighted by Crippen LogP contribution is -2.42. The summed E-state index contributed by atoms with van der Waals surface area (Å²) >= 11 is 0. The highest BCUT2D eigenvalue weighted by molar-refractivity contribution is 5.76. The van der Waals surface area contributed by atoms with Crippen LogP contribution in [0.15, 0.2) is 0 Å². The van der Waals surface area contributed by atoms with Crippen LogP contribution in [0.4, 0.5) is 0 Å². The van der Waals surface area contributed by atoms with Crippen molar-refractivity contribution in [1.29, 1.82) is 0 Å². The molecule has 18 heavy (non-hydrogen) atoms. The summed E-state index contributed by atoms with van der Waals surface area (Å²) in [6.07, 6.45) is 7.43. The van der Waals surface area contributed by atoms with Crippen molar-refractivity contribution in [3.8, 4) is 0 Å². The fourth-order valence-electron chi connectivity index (χ4n) is 2.66. The summed E-state index contributed by atoms with van der Waals surface area (Å²) in [7, 11) is 0. The molecule has 1 aliphatic carbocycles. The van der Waals surface area contributed by atoms with Gasteiger partial charge >= 0.3 is 0 Å². The van der Waals surface area contributed by atoms with Crippen molar-refractivity contribution in [2.45, 2.75) is 51.0 Å². The molecular weight excluding hydrogens is 230 g/mol. The van der Waals surface area contributed by atoms with Gasteiger partial charge in [0.15, 0.2) is 0 Å². The molecular formula is C14H25NO3. The van der Waals surface area contributed by atoms with E-state index in [-0.39, 0.29) is 12.7 Å². The Morgan fingerprint density at radius 1 is 1.22 bits per heavy atom. The summed E-state index contributed by atoms with van der Waals surface area (Å²) in [5, 5.41) is 8.69. The summed E-state index contributed by atoms with van der Waals surface area (Å²) in [5.41, 5.74) is 0. The van der Waals surface area contributed by atoms with Crippen LogP contribution in [0.25, 0.3) is 0 Å². The van der Waals surface area contributed by atoms with Gasteiger partial charge in [0.2, 0.25) is 5.91 Å². The van der Waals surface area contributed by atoms with Gasteiger partial charge in [-0.1, -0.05) is 6.42 Å². The minimum Gasteiger partial charge on any atom is -0.396 e. The molecule has 0 aromatic carbocycles. The average molecular weight is 255 g/mol. The molecule has 1 amide bonds. The van der Waals surface area contributed by atoms with E-state index in [1.807, 2.05) is 4.90 Å². The number of ether oxygens (including phenoxy) is 1. The zero-order chi connectivity index (χ0) is 12.8. The van der Waals surface area contributed by atoms with E-state index in [0.717, 1.165) is 32.4 Å². The lowest BCUT2D eigenvalue weighted by atomic mass is 9.82. The molecule has 0 bridgehead atoms. The molecule has 0 spiro atoms. The Morgan fingerprint density at radius 3 is 2.50 bits per heavy atom. The van der Waals surface area contributed by atoms with E-state index in [2.05, 4.69) is 0 Å². The standard InChI is InChI=1S/C14H25NO3/c16-9-2-10-18-13-5-7-15(8-6-13)14(17)11-12-3-1-4-12/h12-13,16H,1-11H2. The van der Waals surface area contributed by atoms with Gasteiger partial charge in [-0.15, -0.1) is 0 Å². The second kappa shape index (κ2) is 7.10. The van der Waals surface area contributed by atoms with Gasteiger partial charge in [-0.05, 0) is 38.0 Å². The molecule has 1 heterocycles. The van der Waals surface area contributed by atoms with E-state index in [1.54, 1.807) is 0 Å². The second-order valence-electron chi connectivity index (χ2n) is 5.53. The normalized spacial score (nSPS) is 21.9. The monoisotopic (exact) mass is 255 g/mol. The summed E-state index contributed by atoms with van der Waals surface area (Å²) < 4.78 is 5.67. The molecule has 2 fully saturated rings. The number of amides is 1. The molecule has 0 aromatic heterocycles. The van der Waals surface area contributed by atoms with Crippen LogP contribution in [-0.4, -0.2) is 48.3 Å². The van der Waals surface area contributed by atoms with E-state index in [1.165, 1.54) is 19.3 Å². The number of rotatable bonds is 6. The molecule has 0 aromatic rings. The van der Waals surface area contributed by atoms with Gasteiger partial charge in [-0.2, -0.15) is 0 Å². The van der Waals surface area contributed by atoms with Gasteiger partial charge in [-0.25, -0.2) is 0 Å². The molecule has 2 rings (SSSR count). The van der Waals surface area contributed by atoms with Crippen molar-refractivity contribution >= 4 is 5.91 Å². The van der Waals surface area contributed by atoms with Crippen molar-refractivity contribution in [3.05, 3.63) is 0 Å². The Kier molecular flexibility index (Phi) is 5.45. The Morgan fingerprint density at radius 2 is 1.94 bits per heavy atom. The third kappa shape index (κ3) is 3.95. The van der Waals surface area contributed by atoms with Crippen molar-refractivity contribution in [1.82, 2.24) is 4.90 Å². The van der Waals surface area contributed by atoms with E-state index < -0.39 is 0 Å². The average Bonchev–Trinajstić information content (AvgIpc) is 2.35. The van der Waals surface area contributed by atoms with E-state index in [0.29, 0.717) is 24.9 Å². The molecule has 0 atom stereocenters. The van der Waals surface area contributed by atoms with Gasteiger partial charge in [0.05, 0.1) is 6.10 Å². The fourth-order valence-corrected chi connectivity index (χ4v) is 2.66. The molecule has 1 aliphatic heterocycles. The minimum absolute atomic E-state index is 0.193. The van der Waals surface area contributed by atoms with Crippen LogP contribution in [0.3, 0.4) is 0 Å². The third-order valence-electron chi connectivity index (χ3n) is 4.14. The minimum atomic E-state index is 0.193. The first-order valence-corrected chi connectivity index (χ1v) is 7.30. The number of likely N-dealkylation sites (tertiary alicyclic amines) is 1. The van der Waals surface area contributed by atoms with E-state index in [9.17, 15) is 4.79 Å². The van der Waals surface area contributed by atoms with Crippen molar-refractivity contribution < 1.29 is 14.6 Å². The lowest BCUT2D eigenvalue weighted by Gasteiger charge is -2.34. The Balaban J connectivity index is 1.61. The lowest BCUT2D eigenvalue weighted by molar-refractivity contribution is -0.135. The first kappa shape index (κ1) is 13.8. The number of hydrogen-bond donors (Lipinski definition) is 1. The van der Waals surface area contributed by atoms with Crippen molar-refractivity contribution in [2.24, 2.45) is 5.92 Å². The number of carbonyl (C=O) groups excluding carboxylic acids is 1. The molecule has 4 nitrogen and oxygen atoms in total. The Bertz CT molecular complexity index is 258. The van der Waals surface area contributed by atoms with Crippen LogP contribution in [0.1, 0.15) is 44.9 Å². The maximum absolute atomic E-state index is 12.0. The van der Waals surface area contributed by atoms with Gasteiger partial charge in [-0.3, -0.25) is 4.79 Å². The summed E-state index contributed by atoms with van der Waals surface area (Å²) in [6.45, 7) is 2.51. The predicted octanol–water partition coefficient (Wildman–Crippen LogP) is 1.57. The van der Waals surface area contributed by atoms with Crippen LogP contribution in [0.2, 0.25) is 0 Å². The highest BCUT2D eigenvalue weighted by atomic mass is 16.5. The summed E-state index contributed by atoms with van der Waals surface area (Å²) in [6, 6.07) is 0. The molecule has 2 aliphatic rings. The van der Waals surface area contributed by atoms with Gasteiger partial charge in [0.25, 0.3) is 0 Å². The molecule has 4 heteroatoms. The number of nitrogens with zero attached hydrogens (tertiary/aromatic N) is 1.